The van der Waals surface area contributed by atoms with Gasteiger partial charge in [-0.05, 0) is 171 Å². The monoisotopic (exact) mass is 1960 g/mol. The zero-order chi connectivity index (χ0) is 102. The molecular weight excluding hydrogens is 1860 g/mol. The largest absolute Gasteiger partial charge is 0.481 e. The first-order valence-electron chi connectivity index (χ1n) is 45.6. The lowest BCUT2D eigenvalue weighted by atomic mass is 10.0. The average molecular weight is 1970 g/mol. The maximum atomic E-state index is 13.7. The van der Waals surface area contributed by atoms with Gasteiger partial charge in [-0.1, -0.05) is 52.0 Å². The van der Waals surface area contributed by atoms with Crippen LogP contribution in [0.1, 0.15) is 151 Å². The van der Waals surface area contributed by atoms with E-state index in [4.69, 9.17) is 39.6 Å². The van der Waals surface area contributed by atoms with Crippen LogP contribution in [-0.4, -0.2) is 210 Å². The summed E-state index contributed by atoms with van der Waals surface area (Å²) in [5, 5.41) is 112. The average Bonchev–Trinajstić information content (AvgIpc) is 1.59. The van der Waals surface area contributed by atoms with Crippen LogP contribution in [0, 0.1) is 11.6 Å². The van der Waals surface area contributed by atoms with E-state index in [-0.39, 0.29) is 61.7 Å². The molecule has 32 nitrogen and oxygen atoms in total. The summed E-state index contributed by atoms with van der Waals surface area (Å²) in [6.45, 7) is 7.63. The van der Waals surface area contributed by atoms with E-state index in [9.17, 15) is 95.2 Å². The Kier molecular flexibility index (Phi) is 33.5. The van der Waals surface area contributed by atoms with Gasteiger partial charge < -0.3 is 100 Å². The fourth-order valence-electron chi connectivity index (χ4n) is 16.1. The van der Waals surface area contributed by atoms with E-state index in [0.717, 1.165) is 35.4 Å². The van der Waals surface area contributed by atoms with Crippen LogP contribution in [0.2, 0.25) is 0 Å². The molecule has 0 bridgehead atoms. The lowest BCUT2D eigenvalue weighted by Gasteiger charge is -2.23. The van der Waals surface area contributed by atoms with Crippen LogP contribution >= 0.6 is 0 Å². The predicted molar refractivity (Wildman–Crippen MR) is 515 cm³/mol. The third-order valence-electron chi connectivity index (χ3n) is 23.4. The quantitative estimate of drug-likeness (QED) is 0.0138. The van der Waals surface area contributed by atoms with E-state index in [1.165, 1.54) is 54.8 Å². The number of aliphatic carboxylic acids is 2. The minimum atomic E-state index is -4.55. The number of carbonyl (C=O) groups excluding carboxylic acids is 2. The van der Waals surface area contributed by atoms with Crippen molar-refractivity contribution in [3.05, 3.63) is 241 Å². The van der Waals surface area contributed by atoms with Crippen LogP contribution in [0.25, 0.3) is 115 Å². The Balaban J connectivity index is 0.000000159. The Morgan fingerprint density at radius 3 is 1.06 bits per heavy atom. The second-order valence-corrected chi connectivity index (χ2v) is 35.1. The highest BCUT2D eigenvalue weighted by molar-refractivity contribution is 5.87. The molecule has 2 aliphatic heterocycles. The fraction of sp³-hybridized carbons (Fsp3) is 0.333. The van der Waals surface area contributed by atoms with Crippen molar-refractivity contribution in [2.45, 2.75) is 189 Å². The third-order valence-corrected chi connectivity index (χ3v) is 23.4. The molecule has 14 N–H and O–H groups in total. The number of carboxylic acids is 2. The number of ether oxygens (including phenoxy) is 2. The number of carbonyl (C=O) groups is 4. The van der Waals surface area contributed by atoms with Crippen molar-refractivity contribution >= 4 is 71.9 Å². The van der Waals surface area contributed by atoms with Crippen molar-refractivity contribution in [2.75, 3.05) is 49.5 Å². The first-order chi connectivity index (χ1) is 67.5. The minimum absolute atomic E-state index is 0.0266. The van der Waals surface area contributed by atoms with Crippen molar-refractivity contribution < 1.29 is 115 Å². The SMILES string of the molecule is CNc1cc(-c2nc(C(C)C)n(C=CC(O)CC(O)CC(=O)O)c2-c2cccc(C(F)(F)F)c2)ccn1.CNc1cc(-c2nc(C(C)C)n(C=CC3CC(O)CC(=O)O3)c2-c2cccc(C(F)(F)F)c2)ccn1.CNc1cc(-c2nc(C3(O)CC3)n(C=CC(O)CC(O)CC(=O)O)c2-c2ccc(F)cc2)ccn1.CNc1cc(-c2nc(C3(O)CC3)n(C=CC3CC(O)CC(=O)O3)c2-c2ccc(F)cc2)ccn1. The van der Waals surface area contributed by atoms with Crippen LogP contribution < -0.4 is 21.3 Å². The Labute approximate surface area is 810 Å². The Hall–Kier alpha value is -14.5. The number of halogens is 8. The number of nitrogens with one attached hydrogen (secondary N) is 4. The van der Waals surface area contributed by atoms with Crippen molar-refractivity contribution in [1.29, 1.82) is 0 Å². The summed E-state index contributed by atoms with van der Waals surface area (Å²) in [5.74, 6) is 0.0259. The van der Waals surface area contributed by atoms with Crippen LogP contribution in [-0.2, 0) is 52.2 Å². The van der Waals surface area contributed by atoms with E-state index in [0.29, 0.717) is 146 Å². The molecule has 4 aromatic carbocycles. The molecule has 8 atom stereocenters. The number of hydrogen-bond donors (Lipinski definition) is 14. The van der Waals surface area contributed by atoms with Crippen molar-refractivity contribution in [1.82, 2.24) is 58.1 Å². The number of anilines is 4. The van der Waals surface area contributed by atoms with Gasteiger partial charge in [-0.15, -0.1) is 0 Å². The second kappa shape index (κ2) is 45.4. The van der Waals surface area contributed by atoms with Crippen molar-refractivity contribution in [3.63, 3.8) is 0 Å². The zero-order valence-electron chi connectivity index (χ0n) is 78.4. The number of esters is 2. The summed E-state index contributed by atoms with van der Waals surface area (Å²) < 4.78 is 126. The topological polar surface area (TPSA) is 460 Å². The van der Waals surface area contributed by atoms with Crippen LogP contribution in [0.3, 0.4) is 0 Å². The summed E-state index contributed by atoms with van der Waals surface area (Å²) in [5.41, 5.74) is 5.00. The summed E-state index contributed by atoms with van der Waals surface area (Å²) in [4.78, 5) is 81.3. The molecule has 12 aromatic rings. The first-order valence-corrected chi connectivity index (χ1v) is 45.6. The number of nitrogens with zero attached hydrogens (tertiary/aromatic N) is 12. The van der Waals surface area contributed by atoms with E-state index >= 15 is 0 Å². The van der Waals surface area contributed by atoms with Crippen LogP contribution in [0.4, 0.5) is 58.4 Å². The summed E-state index contributed by atoms with van der Waals surface area (Å²) >= 11 is 0. The molecule has 142 heavy (non-hydrogen) atoms. The predicted octanol–water partition coefficient (Wildman–Crippen LogP) is 16.3. The van der Waals surface area contributed by atoms with Crippen molar-refractivity contribution in [3.8, 4) is 90.1 Å². The molecule has 2 aliphatic carbocycles. The molecule has 16 rings (SSSR count). The summed E-state index contributed by atoms with van der Waals surface area (Å²) in [6, 6.07) is 36.1. The van der Waals surface area contributed by atoms with E-state index in [1.807, 2.05) is 39.8 Å². The molecule has 0 spiro atoms. The van der Waals surface area contributed by atoms with Gasteiger partial charge in [-0.2, -0.15) is 26.3 Å². The number of aliphatic hydroxyl groups is 8. The van der Waals surface area contributed by atoms with Gasteiger partial charge in [-0.3, -0.25) is 19.2 Å². The van der Waals surface area contributed by atoms with Gasteiger partial charge in [0.15, 0.2) is 0 Å². The number of alkyl halides is 6. The standard InChI is InChI=1S/C26H29F3N4O4.C26H27F3N4O3.C25H27FN4O5.C25H25FN4O4/c1-15(2)25-32-23(16-7-9-31-21(12-16)30-3)24(17-5-4-6-18(11-17)26(27,28)29)33(25)10-8-19(34)13-20(35)14-22(36)37;1-15(2)25-32-23(16-7-9-31-21(12-16)30-3)24(17-5-4-6-18(11-17)26(27,28)29)33(25)10-8-20-13-19(34)14-22(35)36-20;1-27-20-12-16(6-10-28-20)22-23(15-2-4-17(26)5-3-15)30(24(29-22)25(35)8-9-25)11-7-18(31)13-19(32)14-21(33)34;1-27-20-12-16(6-10-28-20)22-23(15-2-4-17(26)5-3-15)30(24(29-22)25(33)8-9-25)11-7-19-13-18(31)14-21(32)34-19/h4-12,15,19-20,34-35H,13-14H2,1-3H3,(H,30,31)(H,36,37);4-12,15,19-20,34H,13-14H2,1-3H3,(H,30,31);2-7,10-12,18-19,31-32,35H,8-9,13-14H2,1H3,(H,27,28)(H,33,34);2-7,10-12,18-19,31,33H,8-9,13-14H2,1H3,(H,27,28). The number of benzene rings is 4. The molecule has 0 radical (unpaired) electrons. The molecule has 2 saturated heterocycles. The van der Waals surface area contributed by atoms with Crippen LogP contribution in [0.15, 0.2) is 195 Å². The molecule has 4 aliphatic rings. The minimum Gasteiger partial charge on any atom is -0.481 e. The molecule has 10 heterocycles. The molecule has 40 heteroatoms. The third kappa shape index (κ3) is 26.4. The number of rotatable bonds is 32. The molecule has 2 saturated carbocycles. The number of carboxylic acid groups (broad SMARTS) is 2. The zero-order valence-corrected chi connectivity index (χ0v) is 78.4. The molecule has 8 unspecified atom stereocenters. The Bertz CT molecular complexity index is 6610. The lowest BCUT2D eigenvalue weighted by Crippen LogP contribution is -2.31. The first kappa shape index (κ1) is 105. The van der Waals surface area contributed by atoms with Gasteiger partial charge in [0.2, 0.25) is 0 Å². The van der Waals surface area contributed by atoms with Crippen LogP contribution in [0.5, 0.6) is 0 Å². The maximum absolute atomic E-state index is 13.7. The number of pyridine rings is 4. The highest BCUT2D eigenvalue weighted by Gasteiger charge is 2.49. The summed E-state index contributed by atoms with van der Waals surface area (Å²) in [6.07, 6.45) is 3.32. The number of imidazole rings is 4. The molecular formula is C102H108F8N16O16. The number of aromatic nitrogens is 12. The van der Waals surface area contributed by atoms with Gasteiger partial charge in [0.1, 0.15) is 81.6 Å². The highest BCUT2D eigenvalue weighted by Crippen LogP contribution is 2.51. The lowest BCUT2D eigenvalue weighted by molar-refractivity contribution is -0.157. The Morgan fingerprint density at radius 2 is 0.746 bits per heavy atom. The molecule has 8 aromatic heterocycles. The number of cyclic esters (lactones) is 2. The summed E-state index contributed by atoms with van der Waals surface area (Å²) in [7, 11) is 6.93. The molecule has 748 valence electrons. The van der Waals surface area contributed by atoms with E-state index in [2.05, 4.69) is 41.2 Å². The molecule has 0 amide bonds. The molecule has 4 fully saturated rings. The maximum Gasteiger partial charge on any atom is 0.416 e. The van der Waals surface area contributed by atoms with Crippen molar-refractivity contribution in [2.24, 2.45) is 0 Å². The number of aliphatic hydroxyl groups excluding tert-OH is 6. The van der Waals surface area contributed by atoms with E-state index in [1.54, 1.807) is 175 Å². The van der Waals surface area contributed by atoms with Gasteiger partial charge >= 0.3 is 36.2 Å². The van der Waals surface area contributed by atoms with Gasteiger partial charge in [0, 0.05) is 160 Å². The second-order valence-electron chi connectivity index (χ2n) is 35.1. The highest BCUT2D eigenvalue weighted by atomic mass is 19.4. The smallest absolute Gasteiger partial charge is 0.416 e. The Morgan fingerprint density at radius 1 is 0.437 bits per heavy atom. The fourth-order valence-corrected chi connectivity index (χ4v) is 16.1. The van der Waals surface area contributed by atoms with Gasteiger partial charge in [0.05, 0.1) is 119 Å². The number of hydrogen-bond acceptors (Lipinski definition) is 26. The van der Waals surface area contributed by atoms with Gasteiger partial charge in [0.25, 0.3) is 0 Å². The normalized spacial score (nSPS) is 17.5. The van der Waals surface area contributed by atoms with Gasteiger partial charge in [-0.25, -0.2) is 48.7 Å². The van der Waals surface area contributed by atoms with E-state index < -0.39 is 126 Å².